The number of carbonyl (C=O) groups is 6. The summed E-state index contributed by atoms with van der Waals surface area (Å²) in [5.41, 5.74) is 11.4. The average molecular weight is 530 g/mol. The van der Waals surface area contributed by atoms with E-state index >= 15 is 0 Å². The largest absolute Gasteiger partial charge is 0.481 e. The highest BCUT2D eigenvalue weighted by molar-refractivity contribution is 7.98. The van der Waals surface area contributed by atoms with Gasteiger partial charge in [0.15, 0.2) is 0 Å². The number of carbonyl (C=O) groups excluding carboxylic acids is 4. The molecule has 0 aliphatic carbocycles. The number of H-pyrrole nitrogens is 1. The number of imidazole rings is 1. The lowest BCUT2D eigenvalue weighted by molar-refractivity contribution is -0.143. The van der Waals surface area contributed by atoms with Crippen LogP contribution in [0.4, 0.5) is 0 Å². The zero-order valence-electron chi connectivity index (χ0n) is 19.6. The number of rotatable bonds is 17. The van der Waals surface area contributed by atoms with Crippen LogP contribution in [-0.2, 0) is 35.2 Å². The summed E-state index contributed by atoms with van der Waals surface area (Å²) in [5.74, 6) is -5.77. The molecule has 1 aromatic rings. The average Bonchev–Trinajstić information content (AvgIpc) is 3.30. The summed E-state index contributed by atoms with van der Waals surface area (Å²) in [4.78, 5) is 78.4. The molecule has 0 radical (unpaired) electrons. The van der Waals surface area contributed by atoms with Gasteiger partial charge in [-0.15, -0.1) is 0 Å². The van der Waals surface area contributed by atoms with E-state index < -0.39 is 66.2 Å². The first kappa shape index (κ1) is 30.4. The summed E-state index contributed by atoms with van der Waals surface area (Å²) >= 11 is 1.35. The molecule has 1 aromatic heterocycles. The predicted molar refractivity (Wildman–Crippen MR) is 127 cm³/mol. The van der Waals surface area contributed by atoms with Crippen molar-refractivity contribution in [2.24, 2.45) is 11.5 Å². The maximum Gasteiger partial charge on any atom is 0.326 e. The number of hydrogen-bond acceptors (Lipinski definition) is 9. The first-order valence-electron chi connectivity index (χ1n) is 10.8. The van der Waals surface area contributed by atoms with Crippen molar-refractivity contribution in [1.29, 1.82) is 0 Å². The molecule has 4 atom stereocenters. The molecular weight excluding hydrogens is 498 g/mol. The lowest BCUT2D eigenvalue weighted by Crippen LogP contribution is -2.57. The predicted octanol–water partition coefficient (Wildman–Crippen LogP) is -2.69. The molecule has 0 aliphatic heterocycles. The van der Waals surface area contributed by atoms with Gasteiger partial charge in [0, 0.05) is 24.7 Å². The molecule has 16 heteroatoms. The zero-order valence-corrected chi connectivity index (χ0v) is 20.4. The van der Waals surface area contributed by atoms with Crippen molar-refractivity contribution in [3.63, 3.8) is 0 Å². The SMILES string of the molecule is CSCCC(NC(=O)C(CC(=O)O)NC(=O)C(N)Cc1cnc[nH]1)C(=O)NC(CCC(N)=O)C(=O)O. The maximum atomic E-state index is 12.9. The highest BCUT2D eigenvalue weighted by Crippen LogP contribution is 2.06. The summed E-state index contributed by atoms with van der Waals surface area (Å²) in [6.07, 6.45) is 3.39. The van der Waals surface area contributed by atoms with Crippen LogP contribution in [0.25, 0.3) is 0 Å². The van der Waals surface area contributed by atoms with Crippen LogP contribution in [0.5, 0.6) is 0 Å². The number of nitrogens with zero attached hydrogens (tertiary/aromatic N) is 1. The Bertz CT molecular complexity index is 927. The van der Waals surface area contributed by atoms with E-state index in [0.29, 0.717) is 11.4 Å². The number of aromatic amines is 1. The molecule has 36 heavy (non-hydrogen) atoms. The van der Waals surface area contributed by atoms with E-state index in [1.165, 1.54) is 24.3 Å². The highest BCUT2D eigenvalue weighted by Gasteiger charge is 2.31. The van der Waals surface area contributed by atoms with Gasteiger partial charge in [0.1, 0.15) is 18.1 Å². The number of aromatic nitrogens is 2. The minimum atomic E-state index is -1.56. The van der Waals surface area contributed by atoms with E-state index in [1.54, 1.807) is 6.26 Å². The summed E-state index contributed by atoms with van der Waals surface area (Å²) in [7, 11) is 0. The number of primary amides is 1. The van der Waals surface area contributed by atoms with Crippen LogP contribution >= 0.6 is 11.8 Å². The number of hydrogen-bond donors (Lipinski definition) is 8. The number of carboxylic acids is 2. The Morgan fingerprint density at radius 3 is 2.14 bits per heavy atom. The van der Waals surface area contributed by atoms with Crippen molar-refractivity contribution in [2.75, 3.05) is 12.0 Å². The Morgan fingerprint density at radius 1 is 1.00 bits per heavy atom. The Morgan fingerprint density at radius 2 is 1.61 bits per heavy atom. The quantitative estimate of drug-likeness (QED) is 0.103. The number of aliphatic carboxylic acids is 2. The van der Waals surface area contributed by atoms with Gasteiger partial charge in [-0.1, -0.05) is 0 Å². The van der Waals surface area contributed by atoms with Crippen molar-refractivity contribution < 1.29 is 39.0 Å². The van der Waals surface area contributed by atoms with Gasteiger partial charge in [-0.3, -0.25) is 24.0 Å². The summed E-state index contributed by atoms with van der Waals surface area (Å²) in [6, 6.07) is -5.36. The standard InChI is InChI=1S/C20H31N7O8S/c1-36-5-4-12(18(32)26-13(20(34)35)2-3-15(22)28)25-19(33)14(7-16(29)30)27-17(31)11(21)6-10-8-23-9-24-10/h8-9,11-14H,2-7,21H2,1H3,(H2,22,28)(H,23,24)(H,25,33)(H,26,32)(H,27,31)(H,29,30)(H,34,35). The highest BCUT2D eigenvalue weighted by atomic mass is 32.2. The van der Waals surface area contributed by atoms with Crippen LogP contribution in [0.1, 0.15) is 31.4 Å². The third kappa shape index (κ3) is 11.2. The monoisotopic (exact) mass is 529 g/mol. The summed E-state index contributed by atoms with van der Waals surface area (Å²) in [5, 5.41) is 25.4. The Balaban J connectivity index is 2.93. The molecule has 4 amide bonds. The number of amides is 4. The van der Waals surface area contributed by atoms with Crippen molar-refractivity contribution in [1.82, 2.24) is 25.9 Å². The van der Waals surface area contributed by atoms with Crippen LogP contribution in [0, 0.1) is 0 Å². The van der Waals surface area contributed by atoms with Crippen molar-refractivity contribution in [2.45, 2.75) is 56.3 Å². The number of carboxylic acid groups (broad SMARTS) is 2. The minimum absolute atomic E-state index is 0.0495. The molecule has 0 aromatic carbocycles. The second-order valence-corrected chi connectivity index (χ2v) is 8.78. The Hall–Kier alpha value is -3.66. The van der Waals surface area contributed by atoms with Crippen LogP contribution in [-0.4, -0.2) is 91.9 Å². The molecule has 0 spiro atoms. The van der Waals surface area contributed by atoms with Gasteiger partial charge in [0.25, 0.3) is 0 Å². The van der Waals surface area contributed by atoms with Gasteiger partial charge in [-0.25, -0.2) is 9.78 Å². The first-order valence-corrected chi connectivity index (χ1v) is 12.2. The molecule has 0 saturated carbocycles. The Labute approximate surface area is 210 Å². The summed E-state index contributed by atoms with van der Waals surface area (Å²) < 4.78 is 0. The van der Waals surface area contributed by atoms with Crippen LogP contribution in [0.2, 0.25) is 0 Å². The van der Waals surface area contributed by atoms with Crippen molar-refractivity contribution in [3.05, 3.63) is 18.2 Å². The molecule has 200 valence electrons. The first-order chi connectivity index (χ1) is 16.9. The zero-order chi connectivity index (χ0) is 27.3. The van der Waals surface area contributed by atoms with Gasteiger partial charge in [0.2, 0.25) is 23.6 Å². The topological polar surface area (TPSA) is 260 Å². The maximum absolute atomic E-state index is 12.9. The smallest absolute Gasteiger partial charge is 0.326 e. The van der Waals surface area contributed by atoms with Gasteiger partial charge in [-0.05, 0) is 24.9 Å². The molecule has 1 heterocycles. The fraction of sp³-hybridized carbons (Fsp3) is 0.550. The van der Waals surface area contributed by atoms with Gasteiger partial charge in [0.05, 0.1) is 18.8 Å². The molecule has 0 fully saturated rings. The van der Waals surface area contributed by atoms with Gasteiger partial charge >= 0.3 is 11.9 Å². The summed E-state index contributed by atoms with van der Waals surface area (Å²) in [6.45, 7) is 0. The van der Waals surface area contributed by atoms with Crippen LogP contribution in [0.15, 0.2) is 12.5 Å². The van der Waals surface area contributed by atoms with Crippen LogP contribution < -0.4 is 27.4 Å². The minimum Gasteiger partial charge on any atom is -0.481 e. The van der Waals surface area contributed by atoms with E-state index in [1.807, 2.05) is 0 Å². The fourth-order valence-corrected chi connectivity index (χ4v) is 3.45. The van der Waals surface area contributed by atoms with Crippen molar-refractivity contribution >= 4 is 47.3 Å². The molecular formula is C20H31N7O8S. The third-order valence-electron chi connectivity index (χ3n) is 4.88. The molecule has 0 bridgehead atoms. The number of nitrogens with two attached hydrogens (primary N) is 2. The normalized spacial score (nSPS) is 14.1. The van der Waals surface area contributed by atoms with E-state index in [0.717, 1.165) is 0 Å². The van der Waals surface area contributed by atoms with E-state index in [2.05, 4.69) is 25.9 Å². The molecule has 4 unspecified atom stereocenters. The molecule has 0 saturated heterocycles. The Kier molecular flexibility index (Phi) is 13.0. The van der Waals surface area contributed by atoms with Gasteiger partial charge in [-0.2, -0.15) is 11.8 Å². The second kappa shape index (κ2) is 15.4. The van der Waals surface area contributed by atoms with E-state index in [-0.39, 0.29) is 25.7 Å². The molecule has 10 N–H and O–H groups in total. The third-order valence-corrected chi connectivity index (χ3v) is 5.52. The van der Waals surface area contributed by atoms with Crippen LogP contribution in [0.3, 0.4) is 0 Å². The number of thioether (sulfide) groups is 1. The van der Waals surface area contributed by atoms with Gasteiger partial charge < -0.3 is 42.6 Å². The van der Waals surface area contributed by atoms with E-state index in [9.17, 15) is 39.0 Å². The second-order valence-electron chi connectivity index (χ2n) is 7.79. The lowest BCUT2D eigenvalue weighted by Gasteiger charge is -2.24. The lowest BCUT2D eigenvalue weighted by atomic mass is 10.1. The molecule has 1 rings (SSSR count). The van der Waals surface area contributed by atoms with E-state index in [4.69, 9.17) is 11.5 Å². The molecule has 15 nitrogen and oxygen atoms in total. The number of nitrogens with one attached hydrogen (secondary N) is 4. The fourth-order valence-electron chi connectivity index (χ4n) is 2.98. The van der Waals surface area contributed by atoms with Crippen molar-refractivity contribution in [3.8, 4) is 0 Å². The molecule has 0 aliphatic rings.